The van der Waals surface area contributed by atoms with Crippen molar-refractivity contribution in [3.8, 4) is 0 Å². The lowest BCUT2D eigenvalue weighted by Gasteiger charge is -2.28. The van der Waals surface area contributed by atoms with Crippen molar-refractivity contribution in [3.63, 3.8) is 0 Å². The molecule has 0 bridgehead atoms. The van der Waals surface area contributed by atoms with Crippen LogP contribution in [0.4, 0.5) is 0 Å². The van der Waals surface area contributed by atoms with Gasteiger partial charge in [-0.2, -0.15) is 0 Å². The first-order valence-corrected chi connectivity index (χ1v) is 8.34. The first kappa shape index (κ1) is 17.0. The van der Waals surface area contributed by atoms with Crippen LogP contribution in [-0.4, -0.2) is 36.8 Å². The molecule has 4 heteroatoms. The molecule has 0 aliphatic carbocycles. The minimum Gasteiger partial charge on any atom is -0.391 e. The van der Waals surface area contributed by atoms with Gasteiger partial charge in [-0.1, -0.05) is 37.3 Å². The van der Waals surface area contributed by atoms with E-state index in [0.717, 1.165) is 18.7 Å². The van der Waals surface area contributed by atoms with Crippen LogP contribution in [0.2, 0.25) is 0 Å². The van der Waals surface area contributed by atoms with Gasteiger partial charge in [-0.25, -0.2) is 0 Å². The summed E-state index contributed by atoms with van der Waals surface area (Å²) in [5.74, 6) is 1.03. The van der Waals surface area contributed by atoms with E-state index in [1.165, 1.54) is 12.8 Å². The number of rotatable bonds is 7. The van der Waals surface area contributed by atoms with Gasteiger partial charge in [0, 0.05) is 19.4 Å². The van der Waals surface area contributed by atoms with Gasteiger partial charge in [0.1, 0.15) is 0 Å². The van der Waals surface area contributed by atoms with Crippen molar-refractivity contribution in [1.29, 1.82) is 0 Å². The van der Waals surface area contributed by atoms with E-state index in [1.54, 1.807) is 0 Å². The Hall–Kier alpha value is -1.39. The third kappa shape index (κ3) is 5.78. The molecule has 0 spiro atoms. The average molecular weight is 304 g/mol. The Morgan fingerprint density at radius 1 is 1.41 bits per heavy atom. The topological polar surface area (TPSA) is 61.4 Å². The van der Waals surface area contributed by atoms with Gasteiger partial charge in [-0.3, -0.25) is 4.79 Å². The van der Waals surface area contributed by atoms with Crippen LogP contribution in [0.15, 0.2) is 30.3 Å². The summed E-state index contributed by atoms with van der Waals surface area (Å²) in [4.78, 5) is 12.0. The third-order valence-electron chi connectivity index (χ3n) is 4.50. The van der Waals surface area contributed by atoms with Crippen molar-refractivity contribution < 1.29 is 9.90 Å². The summed E-state index contributed by atoms with van der Waals surface area (Å²) >= 11 is 0. The number of hydrogen-bond acceptors (Lipinski definition) is 3. The number of aliphatic hydroxyl groups excluding tert-OH is 1. The second-order valence-corrected chi connectivity index (χ2v) is 6.44. The van der Waals surface area contributed by atoms with Crippen LogP contribution in [0.1, 0.15) is 31.7 Å². The van der Waals surface area contributed by atoms with Gasteiger partial charge in [0.15, 0.2) is 0 Å². The highest BCUT2D eigenvalue weighted by atomic mass is 16.3. The molecule has 22 heavy (non-hydrogen) atoms. The summed E-state index contributed by atoms with van der Waals surface area (Å²) in [6.45, 7) is 4.59. The molecule has 0 aromatic heterocycles. The minimum absolute atomic E-state index is 0.0465. The molecule has 4 nitrogen and oxygen atoms in total. The molecule has 0 saturated carbocycles. The number of hydrogen-bond donors (Lipinski definition) is 3. The summed E-state index contributed by atoms with van der Waals surface area (Å²) in [6.07, 6.45) is 3.00. The molecule has 2 rings (SSSR count). The number of carbonyl (C=O) groups excluding carboxylic acids is 1. The van der Waals surface area contributed by atoms with E-state index in [-0.39, 0.29) is 5.91 Å². The highest BCUT2D eigenvalue weighted by molar-refractivity contribution is 5.76. The lowest BCUT2D eigenvalue weighted by Crippen LogP contribution is -2.37. The summed E-state index contributed by atoms with van der Waals surface area (Å²) in [5, 5.41) is 16.3. The Morgan fingerprint density at radius 2 is 2.18 bits per heavy atom. The highest BCUT2D eigenvalue weighted by Gasteiger charge is 2.22. The number of carbonyl (C=O) groups is 1. The second kappa shape index (κ2) is 8.91. The van der Waals surface area contributed by atoms with Crippen LogP contribution in [0.3, 0.4) is 0 Å². The van der Waals surface area contributed by atoms with Crippen LogP contribution in [-0.2, 0) is 11.2 Å². The normalized spacial score (nSPS) is 21.1. The number of benzene rings is 1. The number of aliphatic hydroxyl groups is 1. The van der Waals surface area contributed by atoms with Crippen molar-refractivity contribution in [1.82, 2.24) is 10.6 Å². The fourth-order valence-electron chi connectivity index (χ4n) is 3.09. The molecule has 1 aliphatic rings. The number of nitrogens with one attached hydrogen (secondary N) is 2. The molecular weight excluding hydrogens is 276 g/mol. The molecule has 0 radical (unpaired) electrons. The summed E-state index contributed by atoms with van der Waals surface area (Å²) in [5.41, 5.74) is 1.09. The fourth-order valence-corrected chi connectivity index (χ4v) is 3.09. The van der Waals surface area contributed by atoms with Crippen molar-refractivity contribution >= 4 is 5.91 Å². The molecule has 1 aromatic carbocycles. The van der Waals surface area contributed by atoms with E-state index in [4.69, 9.17) is 0 Å². The Bertz CT molecular complexity index is 444. The predicted octanol–water partition coefficient (Wildman–Crippen LogP) is 1.73. The molecule has 1 amide bonds. The Kier molecular flexibility index (Phi) is 6.87. The minimum atomic E-state index is -0.530. The SMILES string of the molecule is CC(CC(=O)NCC(O)Cc1ccccc1)C1CCCNC1. The van der Waals surface area contributed by atoms with Crippen LogP contribution in [0, 0.1) is 11.8 Å². The fraction of sp³-hybridized carbons (Fsp3) is 0.611. The van der Waals surface area contributed by atoms with Gasteiger partial charge in [-0.15, -0.1) is 0 Å². The lowest BCUT2D eigenvalue weighted by molar-refractivity contribution is -0.122. The van der Waals surface area contributed by atoms with Gasteiger partial charge in [0.2, 0.25) is 5.91 Å². The van der Waals surface area contributed by atoms with Crippen LogP contribution in [0.25, 0.3) is 0 Å². The van der Waals surface area contributed by atoms with Crippen molar-refractivity contribution in [2.75, 3.05) is 19.6 Å². The quantitative estimate of drug-likeness (QED) is 0.719. The molecule has 1 heterocycles. The average Bonchev–Trinajstić information content (AvgIpc) is 2.55. The number of amides is 1. The van der Waals surface area contributed by atoms with E-state index < -0.39 is 6.10 Å². The van der Waals surface area contributed by atoms with Gasteiger partial charge >= 0.3 is 0 Å². The van der Waals surface area contributed by atoms with E-state index in [0.29, 0.717) is 31.2 Å². The molecule has 1 aromatic rings. The Balaban J connectivity index is 1.66. The monoisotopic (exact) mass is 304 g/mol. The Labute approximate surface area is 133 Å². The zero-order chi connectivity index (χ0) is 15.8. The maximum Gasteiger partial charge on any atom is 0.220 e. The largest absolute Gasteiger partial charge is 0.391 e. The lowest BCUT2D eigenvalue weighted by atomic mass is 9.85. The summed E-state index contributed by atoms with van der Waals surface area (Å²) in [6, 6.07) is 9.85. The molecule has 3 atom stereocenters. The maximum absolute atomic E-state index is 12.0. The van der Waals surface area contributed by atoms with E-state index in [9.17, 15) is 9.90 Å². The van der Waals surface area contributed by atoms with Gasteiger partial charge < -0.3 is 15.7 Å². The Morgan fingerprint density at radius 3 is 2.86 bits per heavy atom. The first-order valence-electron chi connectivity index (χ1n) is 8.34. The second-order valence-electron chi connectivity index (χ2n) is 6.44. The molecule has 1 fully saturated rings. The van der Waals surface area contributed by atoms with Gasteiger partial charge in [0.05, 0.1) is 6.10 Å². The zero-order valence-electron chi connectivity index (χ0n) is 13.4. The smallest absolute Gasteiger partial charge is 0.220 e. The number of piperidine rings is 1. The standard InChI is InChI=1S/C18H28N2O2/c1-14(16-8-5-9-19-12-16)10-18(22)20-13-17(21)11-15-6-3-2-4-7-15/h2-4,6-7,14,16-17,19,21H,5,8-13H2,1H3,(H,20,22). The third-order valence-corrected chi connectivity index (χ3v) is 4.50. The highest BCUT2D eigenvalue weighted by Crippen LogP contribution is 2.22. The van der Waals surface area contributed by atoms with Crippen molar-refractivity contribution in [2.24, 2.45) is 11.8 Å². The maximum atomic E-state index is 12.0. The van der Waals surface area contributed by atoms with Crippen LogP contribution < -0.4 is 10.6 Å². The van der Waals surface area contributed by atoms with Crippen molar-refractivity contribution in [2.45, 2.75) is 38.7 Å². The summed E-state index contributed by atoms with van der Waals surface area (Å²) < 4.78 is 0. The first-order chi connectivity index (χ1) is 10.6. The molecular formula is C18H28N2O2. The zero-order valence-corrected chi connectivity index (χ0v) is 13.4. The van der Waals surface area contributed by atoms with Crippen LogP contribution >= 0.6 is 0 Å². The molecule has 1 aliphatic heterocycles. The summed E-state index contributed by atoms with van der Waals surface area (Å²) in [7, 11) is 0. The van der Waals surface area contributed by atoms with Crippen molar-refractivity contribution in [3.05, 3.63) is 35.9 Å². The van der Waals surface area contributed by atoms with Gasteiger partial charge in [0.25, 0.3) is 0 Å². The van der Waals surface area contributed by atoms with E-state index >= 15 is 0 Å². The molecule has 3 N–H and O–H groups in total. The van der Waals surface area contributed by atoms with Gasteiger partial charge in [-0.05, 0) is 43.3 Å². The predicted molar refractivity (Wildman–Crippen MR) is 88.5 cm³/mol. The van der Waals surface area contributed by atoms with Crippen LogP contribution in [0.5, 0.6) is 0 Å². The molecule has 122 valence electrons. The van der Waals surface area contributed by atoms with E-state index in [2.05, 4.69) is 17.6 Å². The molecule has 1 saturated heterocycles. The van der Waals surface area contributed by atoms with E-state index in [1.807, 2.05) is 30.3 Å². The molecule has 3 unspecified atom stereocenters.